The molecule has 0 aromatic heterocycles. The van der Waals surface area contributed by atoms with E-state index in [2.05, 4.69) is 4.74 Å². The molecule has 0 aliphatic rings. The number of nitrogens with two attached hydrogens (primary N) is 1. The fourth-order valence-corrected chi connectivity index (χ4v) is 1.74. The lowest BCUT2D eigenvalue weighted by molar-refractivity contribution is -0.0507. The molecule has 3 N–H and O–H groups in total. The van der Waals surface area contributed by atoms with Gasteiger partial charge in [-0.25, -0.2) is 8.78 Å². The second kappa shape index (κ2) is 8.19. The van der Waals surface area contributed by atoms with Gasteiger partial charge in [0.15, 0.2) is 0 Å². The molecule has 9 heteroatoms. The Morgan fingerprint density at radius 2 is 1.82 bits per heavy atom. The van der Waals surface area contributed by atoms with Crippen molar-refractivity contribution in [1.29, 1.82) is 0 Å². The van der Waals surface area contributed by atoms with E-state index in [1.54, 1.807) is 0 Å². The molecule has 0 atom stereocenters. The number of nitrogens with one attached hydrogen (secondary N) is 1. The lowest BCUT2D eigenvalue weighted by Gasteiger charge is -2.16. The second-order valence-corrected chi connectivity index (χ2v) is 4.56. The summed E-state index contributed by atoms with van der Waals surface area (Å²) in [6.45, 7) is -1.79. The highest BCUT2D eigenvalue weighted by Crippen LogP contribution is 2.26. The summed E-state index contributed by atoms with van der Waals surface area (Å²) in [5.41, 5.74) is 5.56. The number of hydrogen-bond acceptors (Lipinski definition) is 3. The topological polar surface area (TPSA) is 64.4 Å². The molecule has 22 heavy (non-hydrogen) atoms. The summed E-state index contributed by atoms with van der Waals surface area (Å²) in [4.78, 5) is 11.8. The minimum Gasteiger partial charge on any atom is -0.434 e. The number of alkyl halides is 4. The Morgan fingerprint density at radius 1 is 1.32 bits per heavy atom. The van der Waals surface area contributed by atoms with Crippen molar-refractivity contribution in [3.8, 4) is 5.75 Å². The van der Waals surface area contributed by atoms with E-state index in [9.17, 15) is 22.4 Å². The molecule has 4 nitrogen and oxygen atoms in total. The van der Waals surface area contributed by atoms with Crippen molar-refractivity contribution < 1.29 is 27.1 Å². The van der Waals surface area contributed by atoms with Gasteiger partial charge in [0.2, 0.25) is 0 Å². The van der Waals surface area contributed by atoms with Gasteiger partial charge < -0.3 is 15.8 Å². The van der Waals surface area contributed by atoms with Crippen LogP contribution in [0.2, 0.25) is 0 Å². The maximum atomic E-state index is 13.0. The van der Waals surface area contributed by atoms with Crippen LogP contribution in [0.15, 0.2) is 12.1 Å². The lowest BCUT2D eigenvalue weighted by Crippen LogP contribution is -2.41. The van der Waals surface area contributed by atoms with Crippen molar-refractivity contribution in [3.63, 3.8) is 0 Å². The molecular formula is C13H17ClF4N2O2. The first-order valence-corrected chi connectivity index (χ1v) is 6.08. The average molecular weight is 345 g/mol. The van der Waals surface area contributed by atoms with Crippen molar-refractivity contribution in [2.75, 3.05) is 13.1 Å². The summed E-state index contributed by atoms with van der Waals surface area (Å²) in [6.07, 6.45) is 0. The molecule has 1 amide bonds. The number of carbonyl (C=O) groups is 1. The van der Waals surface area contributed by atoms with Crippen LogP contribution >= 0.6 is 12.4 Å². The van der Waals surface area contributed by atoms with E-state index in [0.717, 1.165) is 0 Å². The van der Waals surface area contributed by atoms with Gasteiger partial charge in [0, 0.05) is 5.56 Å². The normalized spacial score (nSPS) is 11.1. The molecule has 0 heterocycles. The van der Waals surface area contributed by atoms with Crippen molar-refractivity contribution in [1.82, 2.24) is 5.32 Å². The Balaban J connectivity index is 0.00000441. The van der Waals surface area contributed by atoms with Crippen LogP contribution in [0.25, 0.3) is 0 Å². The first-order valence-electron chi connectivity index (χ1n) is 6.08. The first kappa shape index (κ1) is 20.5. The average Bonchev–Trinajstić information content (AvgIpc) is 2.39. The van der Waals surface area contributed by atoms with E-state index >= 15 is 0 Å². The van der Waals surface area contributed by atoms with E-state index in [-0.39, 0.29) is 23.7 Å². The van der Waals surface area contributed by atoms with Crippen LogP contribution in [0, 0.1) is 13.8 Å². The highest BCUT2D eigenvalue weighted by atomic mass is 35.5. The Kier molecular flexibility index (Phi) is 7.61. The number of carbonyl (C=O) groups excluding carboxylic acids is 1. The van der Waals surface area contributed by atoms with Crippen LogP contribution in [-0.2, 0) is 0 Å². The Hall–Kier alpha value is -1.54. The maximum Gasteiger partial charge on any atom is 0.387 e. The predicted octanol–water partition coefficient (Wildman–Crippen LogP) is 2.65. The van der Waals surface area contributed by atoms with Crippen molar-refractivity contribution in [2.45, 2.75) is 26.4 Å². The Bertz CT molecular complexity index is 504. The smallest absolute Gasteiger partial charge is 0.387 e. The Labute approximate surface area is 131 Å². The molecule has 0 radical (unpaired) electrons. The number of hydrogen-bond donors (Lipinski definition) is 2. The molecule has 0 saturated carbocycles. The fourth-order valence-electron chi connectivity index (χ4n) is 1.74. The van der Waals surface area contributed by atoms with Gasteiger partial charge in [0.25, 0.3) is 11.8 Å². The highest BCUT2D eigenvalue weighted by molar-refractivity contribution is 5.95. The number of aryl methyl sites for hydroxylation is 2. The maximum absolute atomic E-state index is 13.0. The van der Waals surface area contributed by atoms with Gasteiger partial charge >= 0.3 is 6.61 Å². The van der Waals surface area contributed by atoms with E-state index in [1.165, 1.54) is 26.0 Å². The Morgan fingerprint density at radius 3 is 2.23 bits per heavy atom. The third kappa shape index (κ3) is 5.69. The molecule has 1 rings (SSSR count). The van der Waals surface area contributed by atoms with Gasteiger partial charge in [0.05, 0.1) is 13.1 Å². The van der Waals surface area contributed by atoms with Gasteiger partial charge in [-0.05, 0) is 37.1 Å². The standard InChI is InChI=1S/C13H16F4N2O2.ClH/c1-7-3-9(4-8(2)10(7)21-12(14)15)11(20)19-6-13(16,17)5-18;/h3-4,12H,5-6,18H2,1-2H3,(H,19,20);1H. The molecule has 1 aromatic rings. The van der Waals surface area contributed by atoms with Gasteiger partial charge in [0.1, 0.15) is 5.75 Å². The largest absolute Gasteiger partial charge is 0.434 e. The molecule has 0 fully saturated rings. The molecule has 1 aromatic carbocycles. The number of benzene rings is 1. The highest BCUT2D eigenvalue weighted by Gasteiger charge is 2.27. The van der Waals surface area contributed by atoms with Gasteiger partial charge in [-0.15, -0.1) is 12.4 Å². The molecule has 0 aliphatic heterocycles. The SMILES string of the molecule is Cc1cc(C(=O)NCC(F)(F)CN)cc(C)c1OC(F)F.Cl. The molecule has 0 spiro atoms. The summed E-state index contributed by atoms with van der Waals surface area (Å²) in [6, 6.07) is 2.58. The number of ether oxygens (including phenoxy) is 1. The zero-order valence-corrected chi connectivity index (χ0v) is 12.8. The monoisotopic (exact) mass is 344 g/mol. The molecule has 126 valence electrons. The van der Waals surface area contributed by atoms with Crippen LogP contribution < -0.4 is 15.8 Å². The minimum atomic E-state index is -3.20. The van der Waals surface area contributed by atoms with Crippen LogP contribution in [0.5, 0.6) is 5.75 Å². The summed E-state index contributed by atoms with van der Waals surface area (Å²) in [7, 11) is 0. The molecular weight excluding hydrogens is 328 g/mol. The van der Waals surface area contributed by atoms with Crippen LogP contribution in [0.4, 0.5) is 17.6 Å². The van der Waals surface area contributed by atoms with E-state index in [1.807, 2.05) is 5.32 Å². The molecule has 0 bridgehead atoms. The number of halogens is 5. The molecule has 0 aliphatic carbocycles. The number of rotatable bonds is 6. The third-order valence-corrected chi connectivity index (χ3v) is 2.74. The van der Waals surface area contributed by atoms with Crippen LogP contribution in [0.1, 0.15) is 21.5 Å². The zero-order chi connectivity index (χ0) is 16.2. The van der Waals surface area contributed by atoms with Crippen LogP contribution in [0.3, 0.4) is 0 Å². The first-order chi connectivity index (χ1) is 9.66. The second-order valence-electron chi connectivity index (χ2n) is 4.56. The summed E-state index contributed by atoms with van der Waals surface area (Å²) in [5.74, 6) is -3.97. The van der Waals surface area contributed by atoms with Crippen molar-refractivity contribution >= 4 is 18.3 Å². The van der Waals surface area contributed by atoms with Gasteiger partial charge in [-0.2, -0.15) is 8.78 Å². The van der Waals surface area contributed by atoms with Crippen LogP contribution in [-0.4, -0.2) is 31.5 Å². The quantitative estimate of drug-likeness (QED) is 0.780. The predicted molar refractivity (Wildman–Crippen MR) is 76.1 cm³/mol. The fraction of sp³-hybridized carbons (Fsp3) is 0.462. The van der Waals surface area contributed by atoms with Gasteiger partial charge in [-0.1, -0.05) is 0 Å². The van der Waals surface area contributed by atoms with E-state index < -0.39 is 31.5 Å². The third-order valence-electron chi connectivity index (χ3n) is 2.74. The lowest BCUT2D eigenvalue weighted by atomic mass is 10.1. The summed E-state index contributed by atoms with van der Waals surface area (Å²) >= 11 is 0. The van der Waals surface area contributed by atoms with E-state index in [4.69, 9.17) is 5.73 Å². The zero-order valence-electron chi connectivity index (χ0n) is 12.0. The summed E-state index contributed by atoms with van der Waals surface area (Å²) < 4.78 is 54.7. The molecule has 0 unspecified atom stereocenters. The summed E-state index contributed by atoms with van der Waals surface area (Å²) in [5, 5.41) is 2.05. The molecule has 0 saturated heterocycles. The van der Waals surface area contributed by atoms with Crippen molar-refractivity contribution in [2.24, 2.45) is 5.73 Å². The van der Waals surface area contributed by atoms with Crippen molar-refractivity contribution in [3.05, 3.63) is 28.8 Å². The minimum absolute atomic E-state index is 0. The van der Waals surface area contributed by atoms with Gasteiger partial charge in [-0.3, -0.25) is 4.79 Å². The number of amides is 1. The van der Waals surface area contributed by atoms with E-state index in [0.29, 0.717) is 11.1 Å².